The molecule has 9 heteroatoms. The van der Waals surface area contributed by atoms with E-state index in [4.69, 9.17) is 15.6 Å². The van der Waals surface area contributed by atoms with Gasteiger partial charge in [-0.25, -0.2) is 9.78 Å². The van der Waals surface area contributed by atoms with Gasteiger partial charge < -0.3 is 25.9 Å². The van der Waals surface area contributed by atoms with Gasteiger partial charge in [0.25, 0.3) is 11.8 Å². The van der Waals surface area contributed by atoms with Crippen LogP contribution in [0.25, 0.3) is 11.1 Å². The van der Waals surface area contributed by atoms with E-state index in [1.165, 1.54) is 0 Å². The highest BCUT2D eigenvalue weighted by molar-refractivity contribution is 6.10. The van der Waals surface area contributed by atoms with Gasteiger partial charge in [-0.2, -0.15) is 0 Å². The normalized spacial score (nSPS) is 10.5. The molecule has 5 N–H and O–H groups in total. The lowest BCUT2D eigenvalue weighted by Gasteiger charge is -2.09. The molecule has 0 saturated carbocycles. The summed E-state index contributed by atoms with van der Waals surface area (Å²) in [6.45, 7) is -0.435. The Morgan fingerprint density at radius 3 is 2.31 bits per heavy atom. The monoisotopic (exact) mass is 470 g/mol. The van der Waals surface area contributed by atoms with Crippen LogP contribution in [0.2, 0.25) is 0 Å². The van der Waals surface area contributed by atoms with E-state index < -0.39 is 24.4 Å². The number of nitrogens with one attached hydrogen (secondary N) is 2. The van der Waals surface area contributed by atoms with Crippen LogP contribution in [-0.2, 0) is 11.2 Å². The molecular formula is C26H22N4O5. The molecular weight excluding hydrogens is 448 g/mol. The molecule has 0 fully saturated rings. The van der Waals surface area contributed by atoms with Crippen LogP contribution in [0.5, 0.6) is 5.75 Å². The highest BCUT2D eigenvalue weighted by Crippen LogP contribution is 2.25. The minimum atomic E-state index is -1.07. The first-order valence-electron chi connectivity index (χ1n) is 10.7. The van der Waals surface area contributed by atoms with Crippen LogP contribution >= 0.6 is 0 Å². The number of primary amides is 1. The Bertz CT molecular complexity index is 1360. The molecule has 0 aliphatic rings. The van der Waals surface area contributed by atoms with Gasteiger partial charge in [-0.05, 0) is 34.9 Å². The first-order valence-corrected chi connectivity index (χ1v) is 10.7. The van der Waals surface area contributed by atoms with Crippen LogP contribution in [0.3, 0.4) is 0 Å². The van der Waals surface area contributed by atoms with E-state index in [-0.39, 0.29) is 11.5 Å². The number of imidazole rings is 1. The summed E-state index contributed by atoms with van der Waals surface area (Å²) in [5.41, 5.74) is 8.38. The molecule has 176 valence electrons. The molecule has 9 nitrogen and oxygen atoms in total. The summed E-state index contributed by atoms with van der Waals surface area (Å²) < 4.78 is 5.12. The molecule has 0 aliphatic heterocycles. The van der Waals surface area contributed by atoms with Crippen LogP contribution in [0.1, 0.15) is 32.2 Å². The van der Waals surface area contributed by atoms with Crippen molar-refractivity contribution in [1.82, 2.24) is 9.97 Å². The minimum absolute atomic E-state index is 0.00745. The maximum absolute atomic E-state index is 13.1. The first-order chi connectivity index (χ1) is 16.9. The van der Waals surface area contributed by atoms with Gasteiger partial charge >= 0.3 is 5.97 Å². The second-order valence-electron chi connectivity index (χ2n) is 7.64. The summed E-state index contributed by atoms with van der Waals surface area (Å²) in [6, 6.07) is 23.4. The van der Waals surface area contributed by atoms with Crippen LogP contribution in [0.15, 0.2) is 78.9 Å². The highest BCUT2D eigenvalue weighted by atomic mass is 16.5. The lowest BCUT2D eigenvalue weighted by Crippen LogP contribution is -2.18. The van der Waals surface area contributed by atoms with Gasteiger partial charge in [0, 0.05) is 12.0 Å². The Morgan fingerprint density at radius 1 is 0.943 bits per heavy atom. The SMILES string of the molecule is NC(=O)c1[nH]c(Cc2ccc(OCC(=O)O)cc2)nc1NC(=O)c1ccccc1-c1ccccc1. The third-order valence-electron chi connectivity index (χ3n) is 5.14. The van der Waals surface area contributed by atoms with Crippen molar-refractivity contribution in [2.75, 3.05) is 11.9 Å². The molecule has 2 amide bonds. The second-order valence-corrected chi connectivity index (χ2v) is 7.64. The summed E-state index contributed by atoms with van der Waals surface area (Å²) in [6.07, 6.45) is 0.315. The third-order valence-corrected chi connectivity index (χ3v) is 5.14. The molecule has 0 radical (unpaired) electrons. The molecule has 3 aromatic carbocycles. The maximum atomic E-state index is 13.1. The van der Waals surface area contributed by atoms with Crippen LogP contribution in [-0.4, -0.2) is 39.5 Å². The van der Waals surface area contributed by atoms with Crippen molar-refractivity contribution in [3.05, 3.63) is 102 Å². The van der Waals surface area contributed by atoms with E-state index in [1.807, 2.05) is 42.5 Å². The van der Waals surface area contributed by atoms with E-state index in [0.717, 1.165) is 16.7 Å². The number of carboxylic acids is 1. The number of benzene rings is 3. The fourth-order valence-corrected chi connectivity index (χ4v) is 3.54. The molecule has 0 bridgehead atoms. The number of carbonyl (C=O) groups excluding carboxylic acids is 2. The number of ether oxygens (including phenoxy) is 1. The van der Waals surface area contributed by atoms with Gasteiger partial charge in [0.1, 0.15) is 17.3 Å². The summed E-state index contributed by atoms with van der Waals surface area (Å²) in [4.78, 5) is 43.0. The van der Waals surface area contributed by atoms with E-state index in [1.54, 1.807) is 36.4 Å². The molecule has 1 aromatic heterocycles. The third kappa shape index (κ3) is 5.72. The number of nitrogens with two attached hydrogens (primary N) is 1. The summed E-state index contributed by atoms with van der Waals surface area (Å²) in [7, 11) is 0. The predicted molar refractivity (Wildman–Crippen MR) is 129 cm³/mol. The number of aromatic nitrogens is 2. The molecule has 0 spiro atoms. The largest absolute Gasteiger partial charge is 0.482 e. The van der Waals surface area contributed by atoms with Gasteiger partial charge in [0.05, 0.1) is 0 Å². The van der Waals surface area contributed by atoms with Crippen LogP contribution in [0.4, 0.5) is 5.82 Å². The first kappa shape index (κ1) is 23.2. The zero-order valence-corrected chi connectivity index (χ0v) is 18.5. The van der Waals surface area contributed by atoms with Crippen molar-refractivity contribution in [1.29, 1.82) is 0 Å². The molecule has 1 heterocycles. The zero-order valence-electron chi connectivity index (χ0n) is 18.5. The number of anilines is 1. The molecule has 0 saturated heterocycles. The average Bonchev–Trinajstić information content (AvgIpc) is 3.26. The van der Waals surface area contributed by atoms with E-state index >= 15 is 0 Å². The van der Waals surface area contributed by atoms with Crippen molar-refractivity contribution in [3.8, 4) is 16.9 Å². The van der Waals surface area contributed by atoms with Crippen molar-refractivity contribution < 1.29 is 24.2 Å². The van der Waals surface area contributed by atoms with Gasteiger partial charge in [0.15, 0.2) is 12.4 Å². The van der Waals surface area contributed by atoms with Crippen molar-refractivity contribution in [3.63, 3.8) is 0 Å². The number of aliphatic carboxylic acids is 1. The Kier molecular flexibility index (Phi) is 6.87. The van der Waals surface area contributed by atoms with Gasteiger partial charge in [-0.3, -0.25) is 9.59 Å². The minimum Gasteiger partial charge on any atom is -0.482 e. The average molecular weight is 470 g/mol. The van der Waals surface area contributed by atoms with Crippen molar-refractivity contribution >= 4 is 23.6 Å². The lowest BCUT2D eigenvalue weighted by molar-refractivity contribution is -0.139. The molecule has 35 heavy (non-hydrogen) atoms. The van der Waals surface area contributed by atoms with Gasteiger partial charge in [-0.15, -0.1) is 0 Å². The Morgan fingerprint density at radius 2 is 1.63 bits per heavy atom. The fourth-order valence-electron chi connectivity index (χ4n) is 3.54. The standard InChI is InChI=1S/C26H22N4O5/c27-24(33)23-25(29-21(28-23)14-16-10-12-18(13-11-16)35-15-22(31)32)30-26(34)20-9-5-4-8-19(20)17-6-2-1-3-7-17/h1-13H,14-15H2,(H2,27,33)(H,28,29)(H,30,34)(H,31,32). The molecule has 4 aromatic rings. The van der Waals surface area contributed by atoms with Crippen LogP contribution in [0, 0.1) is 0 Å². The Balaban J connectivity index is 1.54. The Labute approximate surface area is 200 Å². The smallest absolute Gasteiger partial charge is 0.341 e. The number of amides is 2. The van der Waals surface area contributed by atoms with E-state index in [9.17, 15) is 14.4 Å². The Hall–Kier alpha value is -4.92. The zero-order chi connectivity index (χ0) is 24.8. The number of H-pyrrole nitrogens is 1. The van der Waals surface area contributed by atoms with Gasteiger partial charge in [0.2, 0.25) is 0 Å². The summed E-state index contributed by atoms with van der Waals surface area (Å²) in [5, 5.41) is 11.4. The molecule has 0 atom stereocenters. The highest BCUT2D eigenvalue weighted by Gasteiger charge is 2.20. The topological polar surface area (TPSA) is 147 Å². The number of nitrogens with zero attached hydrogens (tertiary/aromatic N) is 1. The number of hydrogen-bond acceptors (Lipinski definition) is 5. The quantitative estimate of drug-likeness (QED) is 0.294. The number of aromatic amines is 1. The van der Waals surface area contributed by atoms with Crippen LogP contribution < -0.4 is 15.8 Å². The maximum Gasteiger partial charge on any atom is 0.341 e. The summed E-state index contributed by atoms with van der Waals surface area (Å²) >= 11 is 0. The second kappa shape index (κ2) is 10.3. The van der Waals surface area contributed by atoms with Gasteiger partial charge in [-0.1, -0.05) is 60.7 Å². The number of rotatable bonds is 9. The molecule has 0 aliphatic carbocycles. The molecule has 4 rings (SSSR count). The van der Waals surface area contributed by atoms with E-state index in [0.29, 0.717) is 23.6 Å². The summed E-state index contributed by atoms with van der Waals surface area (Å²) in [5.74, 6) is -1.37. The van der Waals surface area contributed by atoms with Crippen molar-refractivity contribution in [2.24, 2.45) is 5.73 Å². The number of carboxylic acid groups (broad SMARTS) is 1. The number of hydrogen-bond donors (Lipinski definition) is 4. The number of carbonyl (C=O) groups is 3. The lowest BCUT2D eigenvalue weighted by atomic mass is 9.99. The fraction of sp³-hybridized carbons (Fsp3) is 0.0769. The predicted octanol–water partition coefficient (Wildman–Crippen LogP) is 3.48. The van der Waals surface area contributed by atoms with Crippen molar-refractivity contribution in [2.45, 2.75) is 6.42 Å². The van der Waals surface area contributed by atoms with E-state index in [2.05, 4.69) is 15.3 Å². The molecule has 0 unspecified atom stereocenters.